The molecule has 0 atom stereocenters. The molecule has 0 aliphatic heterocycles. The molecule has 3 rings (SSSR count). The number of nitrogens with one attached hydrogen (secondary N) is 2. The van der Waals surface area contributed by atoms with Crippen LogP contribution in [0.5, 0.6) is 0 Å². The van der Waals surface area contributed by atoms with E-state index in [4.69, 9.17) is 0 Å². The predicted molar refractivity (Wildman–Crippen MR) is 119 cm³/mol. The maximum atomic E-state index is 12.6. The van der Waals surface area contributed by atoms with Crippen molar-refractivity contribution in [2.24, 2.45) is 0 Å². The van der Waals surface area contributed by atoms with Crippen LogP contribution in [-0.2, 0) is 23.0 Å². The van der Waals surface area contributed by atoms with Crippen LogP contribution >= 0.6 is 0 Å². The summed E-state index contributed by atoms with van der Waals surface area (Å²) in [7, 11) is -3.61. The van der Waals surface area contributed by atoms with Crippen molar-refractivity contribution in [3.05, 3.63) is 101 Å². The van der Waals surface area contributed by atoms with Crippen LogP contribution in [0.3, 0.4) is 0 Å². The van der Waals surface area contributed by atoms with Crippen molar-refractivity contribution >= 4 is 15.9 Å². The van der Waals surface area contributed by atoms with Crippen molar-refractivity contribution in [2.45, 2.75) is 31.7 Å². The summed E-state index contributed by atoms with van der Waals surface area (Å²) >= 11 is 0. The quantitative estimate of drug-likeness (QED) is 0.580. The van der Waals surface area contributed by atoms with Crippen molar-refractivity contribution in [3.8, 4) is 0 Å². The fourth-order valence-corrected chi connectivity index (χ4v) is 4.44. The van der Waals surface area contributed by atoms with Crippen molar-refractivity contribution in [2.75, 3.05) is 6.54 Å². The van der Waals surface area contributed by atoms with Crippen LogP contribution in [-0.4, -0.2) is 20.9 Å². The first kappa shape index (κ1) is 21.7. The van der Waals surface area contributed by atoms with Gasteiger partial charge in [0.05, 0.1) is 4.90 Å². The largest absolute Gasteiger partial charge is 0.352 e. The number of hydrogen-bond acceptors (Lipinski definition) is 3. The third kappa shape index (κ3) is 5.78. The average Bonchev–Trinajstić information content (AvgIpc) is 2.75. The first-order chi connectivity index (χ1) is 14.3. The fraction of sp³-hybridized carbons (Fsp3) is 0.208. The Hall–Kier alpha value is -2.96. The Kier molecular flexibility index (Phi) is 7.03. The van der Waals surface area contributed by atoms with Crippen LogP contribution < -0.4 is 10.0 Å². The number of rotatable bonds is 8. The molecular weight excluding hydrogens is 396 g/mol. The summed E-state index contributed by atoms with van der Waals surface area (Å²) in [5.74, 6) is -0.145. The summed E-state index contributed by atoms with van der Waals surface area (Å²) < 4.78 is 27.9. The molecule has 3 aromatic carbocycles. The van der Waals surface area contributed by atoms with Gasteiger partial charge in [-0.15, -0.1) is 0 Å². The molecule has 0 aliphatic rings. The molecule has 0 saturated carbocycles. The highest BCUT2D eigenvalue weighted by atomic mass is 32.2. The Balaban J connectivity index is 1.55. The monoisotopic (exact) mass is 422 g/mol. The zero-order valence-electron chi connectivity index (χ0n) is 17.2. The molecule has 0 spiro atoms. The van der Waals surface area contributed by atoms with Gasteiger partial charge in [0.25, 0.3) is 5.91 Å². The van der Waals surface area contributed by atoms with E-state index in [1.807, 2.05) is 43.3 Å². The summed E-state index contributed by atoms with van der Waals surface area (Å²) in [5.41, 5.74) is 4.09. The normalized spacial score (nSPS) is 11.3. The molecule has 0 unspecified atom stereocenters. The van der Waals surface area contributed by atoms with E-state index in [-0.39, 0.29) is 17.3 Å². The number of aryl methyl sites for hydroxylation is 2. The van der Waals surface area contributed by atoms with Gasteiger partial charge >= 0.3 is 0 Å². The molecule has 156 valence electrons. The summed E-state index contributed by atoms with van der Waals surface area (Å²) in [6.07, 6.45) is 0.769. The molecule has 5 nitrogen and oxygen atoms in total. The molecule has 6 heteroatoms. The molecule has 0 saturated heterocycles. The van der Waals surface area contributed by atoms with E-state index in [1.54, 1.807) is 43.3 Å². The van der Waals surface area contributed by atoms with E-state index < -0.39 is 10.0 Å². The molecule has 3 aromatic rings. The second-order valence-corrected chi connectivity index (χ2v) is 9.02. The van der Waals surface area contributed by atoms with Gasteiger partial charge in [0.1, 0.15) is 0 Å². The Morgan fingerprint density at radius 2 is 1.57 bits per heavy atom. The van der Waals surface area contributed by atoms with Gasteiger partial charge < -0.3 is 5.32 Å². The van der Waals surface area contributed by atoms with E-state index >= 15 is 0 Å². The van der Waals surface area contributed by atoms with Crippen LogP contribution in [0.25, 0.3) is 0 Å². The molecule has 0 bridgehead atoms. The smallest absolute Gasteiger partial charge is 0.251 e. The lowest BCUT2D eigenvalue weighted by Gasteiger charge is -2.11. The number of carbonyl (C=O) groups excluding carboxylic acids is 1. The maximum Gasteiger partial charge on any atom is 0.251 e. The number of benzene rings is 3. The first-order valence-corrected chi connectivity index (χ1v) is 11.3. The number of hydrogen-bond donors (Lipinski definition) is 2. The molecule has 0 aromatic heterocycles. The molecule has 2 N–H and O–H groups in total. The minimum absolute atomic E-state index is 0.145. The summed E-state index contributed by atoms with van der Waals surface area (Å²) in [6, 6.07) is 22.3. The highest BCUT2D eigenvalue weighted by Crippen LogP contribution is 2.17. The van der Waals surface area contributed by atoms with Crippen molar-refractivity contribution in [3.63, 3.8) is 0 Å². The molecule has 0 heterocycles. The summed E-state index contributed by atoms with van der Waals surface area (Å²) in [6.45, 7) is 4.35. The third-order valence-corrected chi connectivity index (χ3v) is 6.40. The first-order valence-electron chi connectivity index (χ1n) is 9.83. The topological polar surface area (TPSA) is 75.3 Å². The zero-order chi connectivity index (χ0) is 21.6. The second-order valence-electron chi connectivity index (χ2n) is 7.28. The summed E-state index contributed by atoms with van der Waals surface area (Å²) in [4.78, 5) is 12.6. The van der Waals surface area contributed by atoms with E-state index in [1.165, 1.54) is 5.56 Å². The van der Waals surface area contributed by atoms with Gasteiger partial charge in [0.2, 0.25) is 10.0 Å². The fourth-order valence-electron chi connectivity index (χ4n) is 3.09. The zero-order valence-corrected chi connectivity index (χ0v) is 18.0. The molecular formula is C24H26N2O3S. The van der Waals surface area contributed by atoms with Crippen molar-refractivity contribution in [1.29, 1.82) is 0 Å². The summed E-state index contributed by atoms with van der Waals surface area (Å²) in [5, 5.41) is 2.91. The lowest BCUT2D eigenvalue weighted by atomic mass is 10.1. The van der Waals surface area contributed by atoms with Crippen molar-refractivity contribution in [1.82, 2.24) is 10.0 Å². The van der Waals surface area contributed by atoms with Crippen LogP contribution in [0.2, 0.25) is 0 Å². The SMILES string of the molecule is Cc1ccc(C)c(S(=O)(=O)NCc2ccc(C(=O)NCCc3ccccc3)cc2)c1. The lowest BCUT2D eigenvalue weighted by molar-refractivity contribution is 0.0954. The van der Waals surface area contributed by atoms with E-state index in [0.717, 1.165) is 17.5 Å². The van der Waals surface area contributed by atoms with Crippen LogP contribution in [0.1, 0.15) is 32.6 Å². The highest BCUT2D eigenvalue weighted by Gasteiger charge is 2.16. The Morgan fingerprint density at radius 3 is 2.27 bits per heavy atom. The Labute approximate surface area is 178 Å². The van der Waals surface area contributed by atoms with Gasteiger partial charge in [-0.3, -0.25) is 4.79 Å². The maximum absolute atomic E-state index is 12.6. The van der Waals surface area contributed by atoms with Gasteiger partial charge in [-0.2, -0.15) is 0 Å². The molecule has 0 radical (unpaired) electrons. The second kappa shape index (κ2) is 9.69. The van der Waals surface area contributed by atoms with Gasteiger partial charge in [-0.25, -0.2) is 13.1 Å². The van der Waals surface area contributed by atoms with Gasteiger partial charge in [-0.05, 0) is 60.7 Å². The predicted octanol–water partition coefficient (Wildman–Crippen LogP) is 3.75. The minimum atomic E-state index is -3.61. The standard InChI is InChI=1S/C24H26N2O3S/c1-18-8-9-19(2)23(16-18)30(28,29)26-17-21-10-12-22(13-11-21)24(27)25-15-14-20-6-4-3-5-7-20/h3-13,16,26H,14-15,17H2,1-2H3,(H,25,27). The van der Waals surface area contributed by atoms with Crippen molar-refractivity contribution < 1.29 is 13.2 Å². The lowest BCUT2D eigenvalue weighted by Crippen LogP contribution is -2.26. The van der Waals surface area contributed by atoms with Crippen LogP contribution in [0.4, 0.5) is 0 Å². The molecule has 0 aliphatic carbocycles. The van der Waals surface area contributed by atoms with Crippen LogP contribution in [0, 0.1) is 13.8 Å². The van der Waals surface area contributed by atoms with Gasteiger partial charge in [0.15, 0.2) is 0 Å². The highest BCUT2D eigenvalue weighted by molar-refractivity contribution is 7.89. The van der Waals surface area contributed by atoms with Gasteiger partial charge in [-0.1, -0.05) is 54.6 Å². The van der Waals surface area contributed by atoms with Gasteiger partial charge in [0, 0.05) is 18.7 Å². The van der Waals surface area contributed by atoms with E-state index in [9.17, 15) is 13.2 Å². The number of sulfonamides is 1. The molecule has 0 fully saturated rings. The van der Waals surface area contributed by atoms with Crippen LogP contribution in [0.15, 0.2) is 77.7 Å². The Morgan fingerprint density at radius 1 is 0.867 bits per heavy atom. The Bertz CT molecular complexity index is 1110. The average molecular weight is 423 g/mol. The third-order valence-electron chi connectivity index (χ3n) is 4.86. The molecule has 30 heavy (non-hydrogen) atoms. The number of amides is 1. The minimum Gasteiger partial charge on any atom is -0.352 e. The van der Waals surface area contributed by atoms with E-state index in [2.05, 4.69) is 10.0 Å². The number of carbonyl (C=O) groups is 1. The van der Waals surface area contributed by atoms with E-state index in [0.29, 0.717) is 17.7 Å². The molecule has 1 amide bonds.